The first kappa shape index (κ1) is 21.1. The van der Waals surface area contributed by atoms with Crippen LogP contribution in [0.1, 0.15) is 36.8 Å². The maximum Gasteiger partial charge on any atom is 0.327 e. The second-order valence-corrected chi connectivity index (χ2v) is 8.26. The molecular formula is C25H29N3O3. The number of nitrogens with zero attached hydrogens (tertiary/aromatic N) is 3. The van der Waals surface area contributed by atoms with Crippen LogP contribution in [0.3, 0.4) is 0 Å². The van der Waals surface area contributed by atoms with Gasteiger partial charge < -0.3 is 9.80 Å². The molecule has 2 heterocycles. The summed E-state index contributed by atoms with van der Waals surface area (Å²) < 4.78 is 0. The van der Waals surface area contributed by atoms with Gasteiger partial charge in [-0.2, -0.15) is 0 Å². The van der Waals surface area contributed by atoms with Gasteiger partial charge in [-0.3, -0.25) is 14.5 Å². The molecule has 0 saturated carbocycles. The summed E-state index contributed by atoms with van der Waals surface area (Å²) >= 11 is 0. The van der Waals surface area contributed by atoms with Crippen molar-refractivity contribution in [3.8, 4) is 0 Å². The van der Waals surface area contributed by atoms with E-state index in [1.165, 1.54) is 4.90 Å². The molecule has 4 amide bonds. The fraction of sp³-hybridized carbons (Fsp3) is 0.400. The minimum atomic E-state index is -0.453. The van der Waals surface area contributed by atoms with E-state index in [1.54, 1.807) is 4.90 Å². The van der Waals surface area contributed by atoms with Gasteiger partial charge in [-0.1, -0.05) is 60.7 Å². The minimum Gasteiger partial charge on any atom is -0.343 e. The van der Waals surface area contributed by atoms with Gasteiger partial charge in [0.25, 0.3) is 5.91 Å². The van der Waals surface area contributed by atoms with Gasteiger partial charge >= 0.3 is 6.03 Å². The molecule has 0 N–H and O–H groups in total. The number of urea groups is 1. The lowest BCUT2D eigenvalue weighted by Crippen LogP contribution is -2.38. The Kier molecular flexibility index (Phi) is 6.65. The quantitative estimate of drug-likeness (QED) is 0.585. The molecule has 2 aliphatic heterocycles. The number of imide groups is 1. The predicted molar refractivity (Wildman–Crippen MR) is 118 cm³/mol. The first-order chi connectivity index (χ1) is 15.1. The van der Waals surface area contributed by atoms with E-state index in [0.717, 1.165) is 30.5 Å². The van der Waals surface area contributed by atoms with Crippen molar-refractivity contribution in [1.82, 2.24) is 14.7 Å². The Morgan fingerprint density at radius 1 is 0.839 bits per heavy atom. The highest BCUT2D eigenvalue weighted by Crippen LogP contribution is 2.24. The Bertz CT molecular complexity index is 916. The highest BCUT2D eigenvalue weighted by Gasteiger charge is 2.44. The largest absolute Gasteiger partial charge is 0.343 e. The van der Waals surface area contributed by atoms with Crippen LogP contribution in [-0.2, 0) is 22.6 Å². The molecule has 0 aromatic heterocycles. The summed E-state index contributed by atoms with van der Waals surface area (Å²) in [6.45, 7) is 2.21. The first-order valence-electron chi connectivity index (χ1n) is 11.1. The maximum absolute atomic E-state index is 13.2. The zero-order chi connectivity index (χ0) is 21.6. The van der Waals surface area contributed by atoms with Gasteiger partial charge in [0, 0.05) is 26.1 Å². The Morgan fingerprint density at radius 2 is 1.52 bits per heavy atom. The van der Waals surface area contributed by atoms with E-state index in [-0.39, 0.29) is 17.8 Å². The number of hydrogen-bond donors (Lipinski definition) is 0. The number of benzene rings is 2. The number of carbonyl (C=O) groups is 3. The van der Waals surface area contributed by atoms with Crippen molar-refractivity contribution in [3.05, 3.63) is 71.8 Å². The molecule has 2 aromatic rings. The molecule has 0 radical (unpaired) electrons. The van der Waals surface area contributed by atoms with Gasteiger partial charge in [-0.25, -0.2) is 4.79 Å². The molecule has 0 bridgehead atoms. The van der Waals surface area contributed by atoms with E-state index in [2.05, 4.69) is 0 Å². The molecular weight excluding hydrogens is 390 g/mol. The Hall–Kier alpha value is -3.15. The number of aryl methyl sites for hydroxylation is 1. The fourth-order valence-electron chi connectivity index (χ4n) is 4.46. The van der Waals surface area contributed by atoms with Crippen LogP contribution < -0.4 is 0 Å². The van der Waals surface area contributed by atoms with Gasteiger partial charge in [-0.05, 0) is 36.8 Å². The van der Waals surface area contributed by atoms with Crippen molar-refractivity contribution in [2.75, 3.05) is 19.6 Å². The van der Waals surface area contributed by atoms with Crippen LogP contribution in [0.2, 0.25) is 0 Å². The molecule has 2 saturated heterocycles. The lowest BCUT2D eigenvalue weighted by atomic mass is 10.0. The summed E-state index contributed by atoms with van der Waals surface area (Å²) in [5, 5.41) is 0. The van der Waals surface area contributed by atoms with Gasteiger partial charge in [0.05, 0.1) is 6.54 Å². The molecule has 1 atom stereocenters. The van der Waals surface area contributed by atoms with E-state index < -0.39 is 6.04 Å². The maximum atomic E-state index is 13.2. The van der Waals surface area contributed by atoms with Crippen LogP contribution in [0, 0.1) is 0 Å². The normalized spacial score (nSPS) is 19.0. The molecule has 2 aliphatic rings. The molecule has 1 unspecified atom stereocenters. The van der Waals surface area contributed by atoms with Crippen molar-refractivity contribution < 1.29 is 14.4 Å². The Morgan fingerprint density at radius 3 is 2.16 bits per heavy atom. The van der Waals surface area contributed by atoms with E-state index in [4.69, 9.17) is 0 Å². The van der Waals surface area contributed by atoms with Crippen LogP contribution >= 0.6 is 0 Å². The topological polar surface area (TPSA) is 60.9 Å². The van der Waals surface area contributed by atoms with Crippen LogP contribution in [-0.4, -0.2) is 58.2 Å². The molecule has 31 heavy (non-hydrogen) atoms. The summed E-state index contributed by atoms with van der Waals surface area (Å²) in [5.74, 6) is 0.0668. The summed E-state index contributed by atoms with van der Waals surface area (Å²) in [4.78, 5) is 43.2. The fourth-order valence-corrected chi connectivity index (χ4v) is 4.46. The van der Waals surface area contributed by atoms with Gasteiger partial charge in [-0.15, -0.1) is 0 Å². The number of amides is 4. The molecule has 162 valence electrons. The van der Waals surface area contributed by atoms with Gasteiger partial charge in [0.1, 0.15) is 6.04 Å². The summed E-state index contributed by atoms with van der Waals surface area (Å²) in [6, 6.07) is 19.0. The summed E-state index contributed by atoms with van der Waals surface area (Å²) in [7, 11) is 0. The molecule has 2 fully saturated rings. The molecule has 0 aliphatic carbocycles. The van der Waals surface area contributed by atoms with Gasteiger partial charge in [0.2, 0.25) is 5.91 Å². The zero-order valence-corrected chi connectivity index (χ0v) is 17.8. The van der Waals surface area contributed by atoms with Crippen LogP contribution in [0.25, 0.3) is 0 Å². The van der Waals surface area contributed by atoms with E-state index in [0.29, 0.717) is 38.9 Å². The van der Waals surface area contributed by atoms with Crippen molar-refractivity contribution in [2.45, 2.75) is 44.7 Å². The van der Waals surface area contributed by atoms with Crippen molar-refractivity contribution >= 4 is 17.8 Å². The zero-order valence-electron chi connectivity index (χ0n) is 17.8. The smallest absolute Gasteiger partial charge is 0.327 e. The standard InChI is InChI=1S/C25H29N3O3/c29-23-13-7-16-26(23)17-8-18-27-22(15-14-20-9-3-1-4-10-20)24(30)28(25(27)31)19-21-11-5-2-6-12-21/h1-6,9-12,22H,7-8,13-19H2. The molecule has 0 spiro atoms. The number of rotatable bonds is 9. The average molecular weight is 420 g/mol. The second kappa shape index (κ2) is 9.77. The number of likely N-dealkylation sites (tertiary alicyclic amines) is 1. The summed E-state index contributed by atoms with van der Waals surface area (Å²) in [5.41, 5.74) is 2.10. The van der Waals surface area contributed by atoms with E-state index in [9.17, 15) is 14.4 Å². The third-order valence-corrected chi connectivity index (χ3v) is 6.14. The minimum absolute atomic E-state index is 0.123. The molecule has 6 nitrogen and oxygen atoms in total. The molecule has 6 heteroatoms. The van der Waals surface area contributed by atoms with Crippen LogP contribution in [0.4, 0.5) is 4.79 Å². The monoisotopic (exact) mass is 419 g/mol. The third kappa shape index (κ3) is 4.95. The summed E-state index contributed by atoms with van der Waals surface area (Å²) in [6.07, 6.45) is 3.55. The number of hydrogen-bond acceptors (Lipinski definition) is 3. The van der Waals surface area contributed by atoms with E-state index in [1.807, 2.05) is 65.6 Å². The van der Waals surface area contributed by atoms with Crippen molar-refractivity contribution in [3.63, 3.8) is 0 Å². The van der Waals surface area contributed by atoms with Gasteiger partial charge in [0.15, 0.2) is 0 Å². The molecule has 2 aromatic carbocycles. The van der Waals surface area contributed by atoms with Crippen molar-refractivity contribution in [1.29, 1.82) is 0 Å². The van der Waals surface area contributed by atoms with Crippen LogP contribution in [0.15, 0.2) is 60.7 Å². The number of carbonyl (C=O) groups excluding carboxylic acids is 3. The van der Waals surface area contributed by atoms with E-state index >= 15 is 0 Å². The lowest BCUT2D eigenvalue weighted by Gasteiger charge is -2.23. The average Bonchev–Trinajstić information content (AvgIpc) is 3.30. The first-order valence-corrected chi connectivity index (χ1v) is 11.1. The predicted octanol–water partition coefficient (Wildman–Crippen LogP) is 3.46. The highest BCUT2D eigenvalue weighted by atomic mass is 16.2. The van der Waals surface area contributed by atoms with Crippen molar-refractivity contribution in [2.24, 2.45) is 0 Å². The Balaban J connectivity index is 1.44. The highest BCUT2D eigenvalue weighted by molar-refractivity contribution is 6.04. The Labute approximate surface area is 183 Å². The lowest BCUT2D eigenvalue weighted by molar-refractivity contribution is -0.129. The third-order valence-electron chi connectivity index (χ3n) is 6.14. The van der Waals surface area contributed by atoms with Crippen LogP contribution in [0.5, 0.6) is 0 Å². The SMILES string of the molecule is O=C1CCCN1CCCN1C(=O)N(Cc2ccccc2)C(=O)C1CCc1ccccc1. The molecule has 4 rings (SSSR count). The second-order valence-electron chi connectivity index (χ2n) is 8.26.